The summed E-state index contributed by atoms with van der Waals surface area (Å²) in [5.41, 5.74) is 2.77. The number of nitrogens with zero attached hydrogens (tertiary/aromatic N) is 2. The van der Waals surface area contributed by atoms with Crippen LogP contribution in [0.25, 0.3) is 0 Å². The largest absolute Gasteiger partial charge is 0.399 e. The van der Waals surface area contributed by atoms with Gasteiger partial charge in [0.1, 0.15) is 7.11 Å². The van der Waals surface area contributed by atoms with Crippen molar-refractivity contribution in [3.63, 3.8) is 0 Å². The monoisotopic (exact) mass is 299 g/mol. The first-order valence-electron chi connectivity index (χ1n) is 7.17. The molecule has 0 spiro atoms. The maximum atomic E-state index is 12.3. The molecule has 2 heterocycles. The first kappa shape index (κ1) is 14.5. The van der Waals surface area contributed by atoms with Crippen LogP contribution in [0.1, 0.15) is 27.1 Å². The molecule has 22 heavy (non-hydrogen) atoms. The van der Waals surface area contributed by atoms with E-state index in [1.54, 1.807) is 24.3 Å². The van der Waals surface area contributed by atoms with Crippen molar-refractivity contribution in [2.24, 2.45) is 5.16 Å². The summed E-state index contributed by atoms with van der Waals surface area (Å²) in [6, 6.07) is 6.90. The molecule has 0 radical (unpaired) electrons. The standard InChI is InChI=1S/C16H17N3O3/c1-22-18-14-10-17-8-6-11(14)7-9-19-15(20)12-4-2-3-5-13(12)16(19)21/h2-5,7,17H,6,8-10H2,1H3. The fourth-order valence-corrected chi connectivity index (χ4v) is 2.72. The van der Waals surface area contributed by atoms with Crippen molar-refractivity contribution in [1.82, 2.24) is 10.2 Å². The van der Waals surface area contributed by atoms with E-state index in [4.69, 9.17) is 4.84 Å². The van der Waals surface area contributed by atoms with Gasteiger partial charge in [0, 0.05) is 13.1 Å². The minimum Gasteiger partial charge on any atom is -0.399 e. The van der Waals surface area contributed by atoms with Gasteiger partial charge in [-0.05, 0) is 30.7 Å². The first-order chi connectivity index (χ1) is 10.7. The van der Waals surface area contributed by atoms with Crippen molar-refractivity contribution in [2.45, 2.75) is 6.42 Å². The van der Waals surface area contributed by atoms with Crippen LogP contribution in [0.4, 0.5) is 0 Å². The molecule has 3 rings (SSSR count). The van der Waals surface area contributed by atoms with Gasteiger partial charge in [-0.1, -0.05) is 23.4 Å². The first-order valence-corrected chi connectivity index (χ1v) is 7.17. The number of benzene rings is 1. The van der Waals surface area contributed by atoms with Gasteiger partial charge in [0.05, 0.1) is 16.8 Å². The van der Waals surface area contributed by atoms with E-state index in [9.17, 15) is 9.59 Å². The van der Waals surface area contributed by atoms with E-state index in [1.165, 1.54) is 12.0 Å². The van der Waals surface area contributed by atoms with Crippen LogP contribution in [0.2, 0.25) is 0 Å². The van der Waals surface area contributed by atoms with E-state index in [1.807, 2.05) is 6.08 Å². The molecule has 114 valence electrons. The fourth-order valence-electron chi connectivity index (χ4n) is 2.72. The lowest BCUT2D eigenvalue weighted by Crippen LogP contribution is -2.34. The van der Waals surface area contributed by atoms with Crippen LogP contribution in [0.3, 0.4) is 0 Å². The second kappa shape index (κ2) is 6.11. The molecule has 6 nitrogen and oxygen atoms in total. The lowest BCUT2D eigenvalue weighted by atomic mass is 10.0. The molecule has 1 N–H and O–H groups in total. The highest BCUT2D eigenvalue weighted by atomic mass is 16.6. The third-order valence-electron chi connectivity index (χ3n) is 3.83. The number of imide groups is 1. The minimum atomic E-state index is -0.239. The highest BCUT2D eigenvalue weighted by Crippen LogP contribution is 2.22. The van der Waals surface area contributed by atoms with Gasteiger partial charge in [-0.3, -0.25) is 14.5 Å². The summed E-state index contributed by atoms with van der Waals surface area (Å²) >= 11 is 0. The van der Waals surface area contributed by atoms with Crippen LogP contribution in [0, 0.1) is 0 Å². The van der Waals surface area contributed by atoms with E-state index in [2.05, 4.69) is 10.5 Å². The number of piperidine rings is 1. The molecule has 0 aromatic heterocycles. The highest BCUT2D eigenvalue weighted by molar-refractivity contribution is 6.21. The van der Waals surface area contributed by atoms with Gasteiger partial charge in [-0.2, -0.15) is 0 Å². The van der Waals surface area contributed by atoms with Gasteiger partial charge < -0.3 is 10.2 Å². The van der Waals surface area contributed by atoms with E-state index in [0.29, 0.717) is 17.7 Å². The maximum absolute atomic E-state index is 12.3. The Labute approximate surface area is 128 Å². The molecule has 0 unspecified atom stereocenters. The number of nitrogens with one attached hydrogen (secondary N) is 1. The fraction of sp³-hybridized carbons (Fsp3) is 0.312. The van der Waals surface area contributed by atoms with Crippen molar-refractivity contribution in [1.29, 1.82) is 0 Å². The van der Waals surface area contributed by atoms with Crippen LogP contribution in [0.15, 0.2) is 41.1 Å². The molecule has 2 amide bonds. The molecule has 1 fully saturated rings. The third-order valence-corrected chi connectivity index (χ3v) is 3.83. The molecular weight excluding hydrogens is 282 g/mol. The average molecular weight is 299 g/mol. The lowest BCUT2D eigenvalue weighted by molar-refractivity contribution is 0.0672. The van der Waals surface area contributed by atoms with Gasteiger partial charge in [0.25, 0.3) is 11.8 Å². The van der Waals surface area contributed by atoms with E-state index < -0.39 is 0 Å². The van der Waals surface area contributed by atoms with Crippen molar-refractivity contribution >= 4 is 17.5 Å². The van der Waals surface area contributed by atoms with Crippen LogP contribution >= 0.6 is 0 Å². The predicted octanol–water partition coefficient (Wildman–Crippen LogP) is 1.20. The van der Waals surface area contributed by atoms with Gasteiger partial charge in [0.15, 0.2) is 0 Å². The Balaban J connectivity index is 1.80. The van der Waals surface area contributed by atoms with Crippen LogP contribution in [-0.4, -0.2) is 49.2 Å². The highest BCUT2D eigenvalue weighted by Gasteiger charge is 2.34. The number of rotatable bonds is 3. The lowest BCUT2D eigenvalue weighted by Gasteiger charge is -2.19. The summed E-state index contributed by atoms with van der Waals surface area (Å²) in [4.78, 5) is 30.7. The van der Waals surface area contributed by atoms with E-state index in [-0.39, 0.29) is 18.4 Å². The van der Waals surface area contributed by atoms with Crippen LogP contribution in [-0.2, 0) is 4.84 Å². The van der Waals surface area contributed by atoms with E-state index >= 15 is 0 Å². The Kier molecular flexibility index (Phi) is 4.02. The quantitative estimate of drug-likeness (QED) is 0.672. The van der Waals surface area contributed by atoms with Crippen LogP contribution in [0.5, 0.6) is 0 Å². The Bertz CT molecular complexity index is 644. The third kappa shape index (κ3) is 2.53. The summed E-state index contributed by atoms with van der Waals surface area (Å²) < 4.78 is 0. The normalized spacial score (nSPS) is 21.6. The van der Waals surface area contributed by atoms with Gasteiger partial charge >= 0.3 is 0 Å². The Hall–Kier alpha value is -2.47. The number of amides is 2. The SMILES string of the molecule is CON=C1CNCCC1=CCN1C(=O)c2ccccc2C1=O. The van der Waals surface area contributed by atoms with Gasteiger partial charge in [0.2, 0.25) is 0 Å². The molecular formula is C16H17N3O3. The number of carbonyl (C=O) groups is 2. The number of oxime groups is 1. The molecule has 1 aromatic carbocycles. The predicted molar refractivity (Wildman–Crippen MR) is 81.8 cm³/mol. The molecule has 2 aliphatic heterocycles. The Morgan fingerprint density at radius 1 is 1.27 bits per heavy atom. The minimum absolute atomic E-state index is 0.239. The summed E-state index contributed by atoms with van der Waals surface area (Å²) in [6.07, 6.45) is 2.69. The average Bonchev–Trinajstić information content (AvgIpc) is 2.79. The van der Waals surface area contributed by atoms with Crippen molar-refractivity contribution in [3.05, 3.63) is 47.0 Å². The number of carbonyl (C=O) groups excluding carboxylic acids is 2. The zero-order chi connectivity index (χ0) is 15.5. The van der Waals surface area contributed by atoms with Gasteiger partial charge in [-0.25, -0.2) is 0 Å². The second-order valence-corrected chi connectivity index (χ2v) is 5.14. The summed E-state index contributed by atoms with van der Waals surface area (Å²) in [6.45, 7) is 1.73. The van der Waals surface area contributed by atoms with Crippen molar-refractivity contribution in [3.8, 4) is 0 Å². The summed E-state index contributed by atoms with van der Waals surface area (Å²) in [5.74, 6) is -0.478. The topological polar surface area (TPSA) is 71.0 Å². The van der Waals surface area contributed by atoms with Crippen molar-refractivity contribution < 1.29 is 14.4 Å². The molecule has 0 atom stereocenters. The van der Waals surface area contributed by atoms with E-state index in [0.717, 1.165) is 24.3 Å². The zero-order valence-corrected chi connectivity index (χ0v) is 12.3. The smallest absolute Gasteiger partial charge is 0.261 e. The number of fused-ring (bicyclic) bond motifs is 1. The molecule has 0 aliphatic carbocycles. The molecule has 1 saturated heterocycles. The Morgan fingerprint density at radius 3 is 2.59 bits per heavy atom. The molecule has 2 aliphatic rings. The molecule has 0 bridgehead atoms. The second-order valence-electron chi connectivity index (χ2n) is 5.14. The Morgan fingerprint density at radius 2 is 1.95 bits per heavy atom. The summed E-state index contributed by atoms with van der Waals surface area (Å²) in [5, 5.41) is 7.20. The number of hydrogen-bond acceptors (Lipinski definition) is 5. The molecule has 1 aromatic rings. The number of hydrogen-bond donors (Lipinski definition) is 1. The zero-order valence-electron chi connectivity index (χ0n) is 12.3. The summed E-state index contributed by atoms with van der Waals surface area (Å²) in [7, 11) is 1.50. The maximum Gasteiger partial charge on any atom is 0.261 e. The van der Waals surface area contributed by atoms with Crippen molar-refractivity contribution in [2.75, 3.05) is 26.7 Å². The van der Waals surface area contributed by atoms with Crippen LogP contribution < -0.4 is 5.32 Å². The molecule has 0 saturated carbocycles. The van der Waals surface area contributed by atoms with Gasteiger partial charge in [-0.15, -0.1) is 0 Å². The molecule has 6 heteroatoms.